The zero-order valence-electron chi connectivity index (χ0n) is 14.5. The average Bonchev–Trinajstić information content (AvgIpc) is 3.07. The number of rotatable bonds is 7. The Morgan fingerprint density at radius 2 is 1.92 bits per heavy atom. The molecule has 0 radical (unpaired) electrons. The number of aryl methyl sites for hydroxylation is 1. The molecule has 2 rings (SSSR count). The van der Waals surface area contributed by atoms with E-state index in [0.29, 0.717) is 36.6 Å². The minimum Gasteiger partial charge on any atom is -0.493 e. The van der Waals surface area contributed by atoms with E-state index in [4.69, 9.17) is 19.9 Å². The first-order valence-electron chi connectivity index (χ1n) is 7.93. The summed E-state index contributed by atoms with van der Waals surface area (Å²) < 4.78 is 16.1. The van der Waals surface area contributed by atoms with E-state index in [1.54, 1.807) is 21.3 Å². The summed E-state index contributed by atoms with van der Waals surface area (Å²) >= 11 is 0. The SMILES string of the molecule is COc1ccc(CCC(=O)N2CCCC2CN)c(OC)c1OC.Cl. The lowest BCUT2D eigenvalue weighted by atomic mass is 10.1. The fraction of sp³-hybridized carbons (Fsp3) is 0.588. The number of halogens is 1. The molecule has 1 saturated heterocycles. The maximum atomic E-state index is 12.4. The molecule has 1 amide bonds. The Bertz CT molecular complexity index is 554. The first kappa shape index (κ1) is 20.4. The fourth-order valence-corrected chi connectivity index (χ4v) is 3.15. The molecule has 1 aliphatic heterocycles. The molecular weight excluding hydrogens is 332 g/mol. The van der Waals surface area contributed by atoms with Crippen molar-refractivity contribution in [1.82, 2.24) is 4.90 Å². The van der Waals surface area contributed by atoms with Gasteiger partial charge in [-0.05, 0) is 30.9 Å². The summed E-state index contributed by atoms with van der Waals surface area (Å²) in [6.45, 7) is 1.34. The van der Waals surface area contributed by atoms with Crippen molar-refractivity contribution in [3.63, 3.8) is 0 Å². The van der Waals surface area contributed by atoms with Crippen molar-refractivity contribution in [3.8, 4) is 17.2 Å². The lowest BCUT2D eigenvalue weighted by molar-refractivity contribution is -0.131. The van der Waals surface area contributed by atoms with Crippen LogP contribution in [0.25, 0.3) is 0 Å². The Morgan fingerprint density at radius 3 is 2.50 bits per heavy atom. The highest BCUT2D eigenvalue weighted by Crippen LogP contribution is 2.40. The second kappa shape index (κ2) is 9.59. The van der Waals surface area contributed by atoms with Gasteiger partial charge >= 0.3 is 0 Å². The molecule has 0 aromatic heterocycles. The topological polar surface area (TPSA) is 74.0 Å². The summed E-state index contributed by atoms with van der Waals surface area (Å²) in [7, 11) is 4.75. The van der Waals surface area contributed by atoms with Gasteiger partial charge in [0.15, 0.2) is 11.5 Å². The van der Waals surface area contributed by atoms with Gasteiger partial charge in [-0.25, -0.2) is 0 Å². The number of nitrogens with zero attached hydrogens (tertiary/aromatic N) is 1. The molecule has 2 N–H and O–H groups in total. The highest BCUT2D eigenvalue weighted by atomic mass is 35.5. The molecule has 1 aromatic carbocycles. The zero-order valence-corrected chi connectivity index (χ0v) is 15.4. The summed E-state index contributed by atoms with van der Waals surface area (Å²) in [4.78, 5) is 14.3. The Kier molecular flexibility index (Phi) is 8.15. The van der Waals surface area contributed by atoms with E-state index in [9.17, 15) is 4.79 Å². The molecule has 0 aliphatic carbocycles. The van der Waals surface area contributed by atoms with E-state index in [-0.39, 0.29) is 24.4 Å². The molecule has 1 aliphatic rings. The fourth-order valence-electron chi connectivity index (χ4n) is 3.15. The van der Waals surface area contributed by atoms with Crippen molar-refractivity contribution in [2.45, 2.75) is 31.7 Å². The van der Waals surface area contributed by atoms with E-state index < -0.39 is 0 Å². The lowest BCUT2D eigenvalue weighted by Crippen LogP contribution is -2.40. The van der Waals surface area contributed by atoms with Crippen molar-refractivity contribution in [1.29, 1.82) is 0 Å². The molecule has 24 heavy (non-hydrogen) atoms. The number of benzene rings is 1. The first-order valence-corrected chi connectivity index (χ1v) is 7.93. The minimum absolute atomic E-state index is 0. The van der Waals surface area contributed by atoms with Crippen LogP contribution in [0.15, 0.2) is 12.1 Å². The standard InChI is InChI=1S/C17H26N2O4.ClH/c1-21-14-8-6-12(16(22-2)17(14)23-3)7-9-15(20)19-10-4-5-13(19)11-18;/h6,8,13H,4-5,7,9-11,18H2,1-3H3;1H. The molecule has 136 valence electrons. The van der Waals surface area contributed by atoms with Crippen molar-refractivity contribution in [2.24, 2.45) is 5.73 Å². The molecule has 0 saturated carbocycles. The normalized spacial score (nSPS) is 16.5. The van der Waals surface area contributed by atoms with E-state index in [1.165, 1.54) is 0 Å². The third-order valence-corrected chi connectivity index (χ3v) is 4.36. The van der Waals surface area contributed by atoms with Crippen LogP contribution in [0.4, 0.5) is 0 Å². The quantitative estimate of drug-likeness (QED) is 0.807. The van der Waals surface area contributed by atoms with Gasteiger partial charge < -0.3 is 24.8 Å². The van der Waals surface area contributed by atoms with Crippen molar-refractivity contribution >= 4 is 18.3 Å². The predicted octanol–water partition coefficient (Wildman–Crippen LogP) is 2.02. The van der Waals surface area contributed by atoms with Crippen molar-refractivity contribution < 1.29 is 19.0 Å². The maximum Gasteiger partial charge on any atom is 0.223 e. The van der Waals surface area contributed by atoms with E-state index in [1.807, 2.05) is 17.0 Å². The van der Waals surface area contributed by atoms with Crippen LogP contribution in [0.5, 0.6) is 17.2 Å². The largest absolute Gasteiger partial charge is 0.493 e. The Morgan fingerprint density at radius 1 is 1.21 bits per heavy atom. The molecule has 0 spiro atoms. The highest BCUT2D eigenvalue weighted by molar-refractivity contribution is 5.85. The number of hydrogen-bond donors (Lipinski definition) is 1. The smallest absolute Gasteiger partial charge is 0.223 e. The van der Waals surface area contributed by atoms with Crippen LogP contribution in [0, 0.1) is 0 Å². The van der Waals surface area contributed by atoms with Crippen LogP contribution in [-0.2, 0) is 11.2 Å². The zero-order chi connectivity index (χ0) is 16.8. The summed E-state index contributed by atoms with van der Waals surface area (Å²) in [5.74, 6) is 1.94. The summed E-state index contributed by atoms with van der Waals surface area (Å²) in [5.41, 5.74) is 6.67. The third-order valence-electron chi connectivity index (χ3n) is 4.36. The van der Waals surface area contributed by atoms with Crippen molar-refractivity contribution in [2.75, 3.05) is 34.4 Å². The number of nitrogens with two attached hydrogens (primary N) is 1. The van der Waals surface area contributed by atoms with Crippen LogP contribution >= 0.6 is 12.4 Å². The number of methoxy groups -OCH3 is 3. The summed E-state index contributed by atoms with van der Waals surface area (Å²) in [6.07, 6.45) is 3.06. The average molecular weight is 359 g/mol. The van der Waals surface area contributed by atoms with Crippen LogP contribution in [0.1, 0.15) is 24.8 Å². The lowest BCUT2D eigenvalue weighted by Gasteiger charge is -2.23. The number of likely N-dealkylation sites (tertiary alicyclic amines) is 1. The summed E-state index contributed by atoms with van der Waals surface area (Å²) in [6, 6.07) is 3.94. The molecule has 6 nitrogen and oxygen atoms in total. The predicted molar refractivity (Wildman–Crippen MR) is 95.5 cm³/mol. The van der Waals surface area contributed by atoms with E-state index in [0.717, 1.165) is 24.9 Å². The third kappa shape index (κ3) is 4.24. The highest BCUT2D eigenvalue weighted by Gasteiger charge is 2.27. The van der Waals surface area contributed by atoms with Gasteiger partial charge in [0.2, 0.25) is 11.7 Å². The second-order valence-electron chi connectivity index (χ2n) is 5.61. The monoisotopic (exact) mass is 358 g/mol. The molecule has 7 heteroatoms. The van der Waals surface area contributed by atoms with Gasteiger partial charge in [0, 0.05) is 25.6 Å². The van der Waals surface area contributed by atoms with Gasteiger partial charge in [-0.1, -0.05) is 6.07 Å². The van der Waals surface area contributed by atoms with Crippen LogP contribution in [-0.4, -0.2) is 51.3 Å². The summed E-state index contributed by atoms with van der Waals surface area (Å²) in [5, 5.41) is 0. The van der Waals surface area contributed by atoms with Gasteiger partial charge in [-0.3, -0.25) is 4.79 Å². The Hall–Kier alpha value is -1.66. The molecule has 1 fully saturated rings. The van der Waals surface area contributed by atoms with Gasteiger partial charge in [-0.15, -0.1) is 12.4 Å². The Labute approximate surface area is 149 Å². The molecule has 1 heterocycles. The van der Waals surface area contributed by atoms with Crippen LogP contribution in [0.3, 0.4) is 0 Å². The molecule has 1 atom stereocenters. The minimum atomic E-state index is 0. The van der Waals surface area contributed by atoms with Crippen LogP contribution in [0.2, 0.25) is 0 Å². The van der Waals surface area contributed by atoms with Crippen molar-refractivity contribution in [3.05, 3.63) is 17.7 Å². The van der Waals surface area contributed by atoms with Gasteiger partial charge in [0.05, 0.1) is 21.3 Å². The molecule has 0 bridgehead atoms. The first-order chi connectivity index (χ1) is 11.2. The van der Waals surface area contributed by atoms with Gasteiger partial charge in [-0.2, -0.15) is 0 Å². The van der Waals surface area contributed by atoms with E-state index in [2.05, 4.69) is 0 Å². The number of amides is 1. The molecular formula is C17H27ClN2O4. The van der Waals surface area contributed by atoms with E-state index >= 15 is 0 Å². The number of carbonyl (C=O) groups is 1. The van der Waals surface area contributed by atoms with Crippen LogP contribution < -0.4 is 19.9 Å². The molecule has 1 aromatic rings. The maximum absolute atomic E-state index is 12.4. The van der Waals surface area contributed by atoms with Gasteiger partial charge in [0.1, 0.15) is 0 Å². The molecule has 1 unspecified atom stereocenters. The Balaban J connectivity index is 0.00000288. The number of ether oxygens (including phenoxy) is 3. The number of carbonyl (C=O) groups excluding carboxylic acids is 1. The number of hydrogen-bond acceptors (Lipinski definition) is 5. The van der Waals surface area contributed by atoms with Gasteiger partial charge in [0.25, 0.3) is 0 Å². The second-order valence-corrected chi connectivity index (χ2v) is 5.61.